The zero-order chi connectivity index (χ0) is 28.8. The lowest BCUT2D eigenvalue weighted by atomic mass is 9.72. The fourth-order valence-electron chi connectivity index (χ4n) is 4.82. The average molecular weight is 576 g/mol. The summed E-state index contributed by atoms with van der Waals surface area (Å²) in [7, 11) is 0. The summed E-state index contributed by atoms with van der Waals surface area (Å²) in [4.78, 5) is 24.5. The molecule has 0 aliphatic rings. The Bertz CT molecular complexity index is 1020. The van der Waals surface area contributed by atoms with Gasteiger partial charge in [0, 0.05) is 21.7 Å². The maximum Gasteiger partial charge on any atom is 0.407 e. The van der Waals surface area contributed by atoms with Gasteiger partial charge in [-0.3, -0.25) is 0 Å². The van der Waals surface area contributed by atoms with Crippen LogP contribution in [-0.2, 0) is 14.3 Å². The number of nitrogens with one attached hydrogen (secondary N) is 1. The molecule has 0 fully saturated rings. The van der Waals surface area contributed by atoms with Crippen molar-refractivity contribution in [1.82, 2.24) is 5.32 Å². The highest BCUT2D eigenvalue weighted by atomic mass is 35.5. The molecule has 214 valence electrons. The molecule has 0 saturated heterocycles. The second-order valence-corrected chi connectivity index (χ2v) is 11.6. The highest BCUT2D eigenvalue weighted by Crippen LogP contribution is 2.38. The molecule has 0 heterocycles. The maximum absolute atomic E-state index is 12.4. The molecule has 39 heavy (non-hydrogen) atoms. The van der Waals surface area contributed by atoms with Crippen molar-refractivity contribution in [2.45, 2.75) is 58.0 Å². The molecule has 0 radical (unpaired) electrons. The van der Waals surface area contributed by atoms with Crippen molar-refractivity contribution in [2.24, 2.45) is 17.8 Å². The Balaban J connectivity index is 2.01. The molecule has 1 amide bonds. The average Bonchev–Trinajstić information content (AvgIpc) is 2.91. The van der Waals surface area contributed by atoms with Crippen LogP contribution in [0.5, 0.6) is 5.75 Å². The van der Waals surface area contributed by atoms with E-state index in [0.29, 0.717) is 34.4 Å². The summed E-state index contributed by atoms with van der Waals surface area (Å²) < 4.78 is 16.6. The molecule has 2 unspecified atom stereocenters. The summed E-state index contributed by atoms with van der Waals surface area (Å²) in [5, 5.41) is 3.26. The third-order valence-electron chi connectivity index (χ3n) is 6.49. The van der Waals surface area contributed by atoms with Crippen molar-refractivity contribution in [3.05, 3.63) is 71.8 Å². The van der Waals surface area contributed by atoms with Crippen LogP contribution in [0.3, 0.4) is 0 Å². The van der Waals surface area contributed by atoms with E-state index in [1.165, 1.54) is 5.56 Å². The Morgan fingerprint density at radius 3 is 2.23 bits per heavy atom. The molecule has 2 aromatic rings. The van der Waals surface area contributed by atoms with Crippen molar-refractivity contribution in [2.75, 3.05) is 25.5 Å². The molecule has 8 heteroatoms. The first kappa shape index (κ1) is 32.6. The normalized spacial score (nSPS) is 12.7. The van der Waals surface area contributed by atoms with Gasteiger partial charge in [-0.15, -0.1) is 11.8 Å². The minimum atomic E-state index is -0.607. The molecular weight excluding hydrogens is 534 g/mol. The number of hydrogen-bond donors (Lipinski definition) is 1. The highest BCUT2D eigenvalue weighted by molar-refractivity contribution is 7.99. The summed E-state index contributed by atoms with van der Waals surface area (Å²) in [6.45, 7) is 15.1. The molecular formula is C31H42ClNO5S. The quantitative estimate of drug-likeness (QED) is 0.0954. The van der Waals surface area contributed by atoms with E-state index in [1.54, 1.807) is 11.8 Å². The van der Waals surface area contributed by atoms with Crippen LogP contribution in [0.2, 0.25) is 5.02 Å². The molecule has 0 bridgehead atoms. The predicted octanol–water partition coefficient (Wildman–Crippen LogP) is 7.76. The van der Waals surface area contributed by atoms with Crippen molar-refractivity contribution in [3.63, 3.8) is 0 Å². The van der Waals surface area contributed by atoms with Crippen LogP contribution in [0, 0.1) is 17.8 Å². The van der Waals surface area contributed by atoms with Crippen molar-refractivity contribution in [1.29, 1.82) is 0 Å². The van der Waals surface area contributed by atoms with Crippen LogP contribution >= 0.6 is 23.4 Å². The van der Waals surface area contributed by atoms with E-state index >= 15 is 0 Å². The number of carbonyl (C=O) groups is 2. The molecule has 0 aromatic heterocycles. The Labute approximate surface area is 242 Å². The summed E-state index contributed by atoms with van der Waals surface area (Å²) in [5.74, 6) is 2.95. The van der Waals surface area contributed by atoms with Crippen LogP contribution in [0.25, 0.3) is 0 Å². The van der Waals surface area contributed by atoms with Crippen molar-refractivity contribution in [3.8, 4) is 5.75 Å². The van der Waals surface area contributed by atoms with Gasteiger partial charge >= 0.3 is 12.1 Å². The van der Waals surface area contributed by atoms with Gasteiger partial charge in [-0.1, -0.05) is 64.9 Å². The van der Waals surface area contributed by atoms with E-state index in [9.17, 15) is 9.59 Å². The summed E-state index contributed by atoms with van der Waals surface area (Å²) in [6, 6.07) is 15.8. The molecule has 6 nitrogen and oxygen atoms in total. The smallest absolute Gasteiger partial charge is 0.407 e. The number of amides is 1. The number of benzene rings is 2. The van der Waals surface area contributed by atoms with Gasteiger partial charge in [0.25, 0.3) is 0 Å². The SMILES string of the molecule is C=CC(=O)OCCNC(=O)OC(COc1ccc(C(CC)C(C(C)C)C(C)C)cc1)CSc1ccc(Cl)cc1. The number of carbonyl (C=O) groups excluding carboxylic acids is 2. The van der Waals surface area contributed by atoms with Gasteiger partial charge in [0.1, 0.15) is 25.1 Å². The number of esters is 1. The molecule has 2 aromatic carbocycles. The molecule has 1 N–H and O–H groups in total. The van der Waals surface area contributed by atoms with Gasteiger partial charge in [0.15, 0.2) is 0 Å². The number of rotatable bonds is 16. The van der Waals surface area contributed by atoms with Crippen molar-refractivity contribution < 1.29 is 23.8 Å². The van der Waals surface area contributed by atoms with Crippen LogP contribution < -0.4 is 10.1 Å². The molecule has 0 aliphatic heterocycles. The fraction of sp³-hybridized carbons (Fsp3) is 0.484. The van der Waals surface area contributed by atoms with E-state index < -0.39 is 18.2 Å². The van der Waals surface area contributed by atoms with E-state index in [2.05, 4.69) is 58.6 Å². The third-order valence-corrected chi connectivity index (χ3v) is 7.89. The van der Waals surface area contributed by atoms with Gasteiger partial charge < -0.3 is 19.5 Å². The number of ether oxygens (including phenoxy) is 3. The maximum atomic E-state index is 12.4. The largest absolute Gasteiger partial charge is 0.490 e. The lowest BCUT2D eigenvalue weighted by Crippen LogP contribution is -2.35. The number of thioether (sulfide) groups is 1. The summed E-state index contributed by atoms with van der Waals surface area (Å²) >= 11 is 7.54. The van der Waals surface area contributed by atoms with Gasteiger partial charge in [0.05, 0.1) is 6.54 Å². The van der Waals surface area contributed by atoms with Gasteiger partial charge in [-0.2, -0.15) is 0 Å². The van der Waals surface area contributed by atoms with Crippen LogP contribution in [0.15, 0.2) is 66.1 Å². The lowest BCUT2D eigenvalue weighted by molar-refractivity contribution is -0.137. The Kier molecular flexibility index (Phi) is 14.3. The topological polar surface area (TPSA) is 73.9 Å². The predicted molar refractivity (Wildman–Crippen MR) is 160 cm³/mol. The molecule has 0 saturated carbocycles. The third kappa shape index (κ3) is 11.6. The van der Waals surface area contributed by atoms with Gasteiger partial charge in [-0.25, -0.2) is 9.59 Å². The zero-order valence-electron chi connectivity index (χ0n) is 23.7. The Morgan fingerprint density at radius 1 is 1.03 bits per heavy atom. The first-order valence-corrected chi connectivity index (χ1v) is 14.9. The second kappa shape index (κ2) is 17.1. The molecule has 0 aliphatic carbocycles. The zero-order valence-corrected chi connectivity index (χ0v) is 25.2. The van der Waals surface area contributed by atoms with Crippen LogP contribution in [0.1, 0.15) is 52.5 Å². The molecule has 2 atom stereocenters. The van der Waals surface area contributed by atoms with Gasteiger partial charge in [0.2, 0.25) is 0 Å². The van der Waals surface area contributed by atoms with Crippen molar-refractivity contribution >= 4 is 35.4 Å². The Hall–Kier alpha value is -2.64. The van der Waals surface area contributed by atoms with Gasteiger partial charge in [-0.05, 0) is 72.1 Å². The van der Waals surface area contributed by atoms with E-state index in [-0.39, 0.29) is 19.8 Å². The molecule has 0 spiro atoms. The van der Waals surface area contributed by atoms with E-state index in [1.807, 2.05) is 36.4 Å². The van der Waals surface area contributed by atoms with E-state index in [0.717, 1.165) is 23.1 Å². The summed E-state index contributed by atoms with van der Waals surface area (Å²) in [5.41, 5.74) is 1.32. The number of alkyl carbamates (subject to hydrolysis) is 1. The first-order chi connectivity index (χ1) is 18.6. The minimum absolute atomic E-state index is 0.0280. The van der Waals surface area contributed by atoms with E-state index in [4.69, 9.17) is 25.8 Å². The molecule has 2 rings (SSSR count). The van der Waals surface area contributed by atoms with Crippen LogP contribution in [-0.4, -0.2) is 43.7 Å². The second-order valence-electron chi connectivity index (χ2n) is 10.1. The fourth-order valence-corrected chi connectivity index (χ4v) is 5.82. The summed E-state index contributed by atoms with van der Waals surface area (Å²) in [6.07, 6.45) is 1.03. The first-order valence-electron chi connectivity index (χ1n) is 13.5. The standard InChI is InChI=1S/C31H42ClNO5S/c1-7-28(30(21(3)4)22(5)6)23-9-13-25(14-10-23)37-19-26(20-39-27-15-11-24(32)12-16-27)38-31(35)33-17-18-36-29(34)8-2/h8-16,21-22,26,28,30H,2,7,17-20H2,1,3-6H3,(H,33,35). The monoisotopic (exact) mass is 575 g/mol. The Morgan fingerprint density at radius 2 is 1.67 bits per heavy atom. The highest BCUT2D eigenvalue weighted by Gasteiger charge is 2.27. The lowest BCUT2D eigenvalue weighted by Gasteiger charge is -2.33. The van der Waals surface area contributed by atoms with Crippen LogP contribution in [0.4, 0.5) is 4.79 Å². The minimum Gasteiger partial charge on any atom is -0.490 e. The number of halogens is 1. The number of hydrogen-bond acceptors (Lipinski definition) is 6.